The average molecular weight is 252 g/mol. The highest BCUT2D eigenvalue weighted by atomic mass is 16.5. The Kier molecular flexibility index (Phi) is 3.21. The maximum atomic E-state index is 11.9. The van der Waals surface area contributed by atoms with Crippen LogP contribution >= 0.6 is 0 Å². The molecule has 0 N–H and O–H groups in total. The van der Waals surface area contributed by atoms with Gasteiger partial charge in [0.2, 0.25) is 0 Å². The molecule has 2 atom stereocenters. The van der Waals surface area contributed by atoms with Crippen molar-refractivity contribution >= 4 is 11.9 Å². The van der Waals surface area contributed by atoms with E-state index in [9.17, 15) is 9.59 Å². The van der Waals surface area contributed by atoms with E-state index in [4.69, 9.17) is 9.47 Å². The first-order valence-corrected chi connectivity index (χ1v) is 6.42. The molecule has 1 heterocycles. The fraction of sp³-hybridized carbons (Fsp3) is 0.714. The number of hydrogen-bond acceptors (Lipinski definition) is 4. The third-order valence-electron chi connectivity index (χ3n) is 3.76. The molecule has 4 nitrogen and oxygen atoms in total. The van der Waals surface area contributed by atoms with E-state index in [1.165, 1.54) is 0 Å². The largest absolute Gasteiger partial charge is 0.463 e. The van der Waals surface area contributed by atoms with Crippen molar-refractivity contribution in [3.63, 3.8) is 0 Å². The van der Waals surface area contributed by atoms with Crippen LogP contribution in [-0.2, 0) is 19.1 Å². The van der Waals surface area contributed by atoms with Crippen molar-refractivity contribution in [1.29, 1.82) is 0 Å². The molecular formula is C14H20O4. The van der Waals surface area contributed by atoms with Crippen molar-refractivity contribution in [2.75, 3.05) is 6.61 Å². The Morgan fingerprint density at radius 2 is 2.17 bits per heavy atom. The first kappa shape index (κ1) is 13.1. The highest BCUT2D eigenvalue weighted by molar-refractivity contribution is 5.90. The highest BCUT2D eigenvalue weighted by Gasteiger charge is 2.61. The lowest BCUT2D eigenvalue weighted by Gasteiger charge is -2.08. The van der Waals surface area contributed by atoms with Crippen molar-refractivity contribution in [1.82, 2.24) is 0 Å². The van der Waals surface area contributed by atoms with E-state index < -0.39 is 0 Å². The van der Waals surface area contributed by atoms with Crippen LogP contribution in [0.25, 0.3) is 0 Å². The van der Waals surface area contributed by atoms with Gasteiger partial charge in [-0.1, -0.05) is 19.9 Å². The molecule has 100 valence electrons. The van der Waals surface area contributed by atoms with Gasteiger partial charge in [0.1, 0.15) is 0 Å². The molecule has 0 aromatic rings. The number of cyclic esters (lactones) is 1. The summed E-state index contributed by atoms with van der Waals surface area (Å²) in [7, 11) is 0. The third kappa shape index (κ3) is 2.28. The Labute approximate surface area is 107 Å². The maximum Gasteiger partial charge on any atom is 0.333 e. The molecule has 0 aromatic carbocycles. The zero-order valence-electron chi connectivity index (χ0n) is 11.4. The van der Waals surface area contributed by atoms with Crippen LogP contribution in [0.5, 0.6) is 0 Å². The Hall–Kier alpha value is -1.32. The number of carbonyl (C=O) groups excluding carboxylic acids is 2. The first-order valence-electron chi connectivity index (χ1n) is 6.42. The molecule has 2 unspecified atom stereocenters. The predicted octanol–water partition coefficient (Wildman–Crippen LogP) is 2.08. The minimum absolute atomic E-state index is 0.0874. The Balaban J connectivity index is 2.07. The minimum atomic E-state index is -0.242. The SMILES string of the molecule is CC(C)OC(=O)C1C(/C=C2/CCOC2=O)C1(C)C. The van der Waals surface area contributed by atoms with E-state index in [0.717, 1.165) is 0 Å². The van der Waals surface area contributed by atoms with E-state index in [0.29, 0.717) is 18.6 Å². The number of hydrogen-bond donors (Lipinski definition) is 0. The average Bonchev–Trinajstić information content (AvgIpc) is 2.56. The summed E-state index contributed by atoms with van der Waals surface area (Å²) >= 11 is 0. The van der Waals surface area contributed by atoms with Crippen LogP contribution in [0, 0.1) is 17.3 Å². The molecule has 18 heavy (non-hydrogen) atoms. The summed E-state index contributed by atoms with van der Waals surface area (Å²) in [5.41, 5.74) is 0.579. The number of carbonyl (C=O) groups is 2. The minimum Gasteiger partial charge on any atom is -0.463 e. The van der Waals surface area contributed by atoms with Gasteiger partial charge in [-0.25, -0.2) is 4.79 Å². The van der Waals surface area contributed by atoms with Crippen LogP contribution in [-0.4, -0.2) is 24.6 Å². The zero-order chi connectivity index (χ0) is 13.5. The molecule has 1 saturated heterocycles. The summed E-state index contributed by atoms with van der Waals surface area (Å²) in [5.74, 6) is -0.456. The van der Waals surface area contributed by atoms with Gasteiger partial charge in [0.25, 0.3) is 0 Å². The van der Waals surface area contributed by atoms with Crippen LogP contribution in [0.2, 0.25) is 0 Å². The fourth-order valence-electron chi connectivity index (χ4n) is 2.56. The molecule has 0 amide bonds. The molecule has 2 aliphatic rings. The maximum absolute atomic E-state index is 11.9. The van der Waals surface area contributed by atoms with Gasteiger partial charge < -0.3 is 9.47 Å². The Morgan fingerprint density at radius 3 is 2.67 bits per heavy atom. The molecule has 4 heteroatoms. The van der Waals surface area contributed by atoms with Gasteiger partial charge in [-0.2, -0.15) is 0 Å². The molecule has 2 fully saturated rings. The van der Waals surface area contributed by atoms with Crippen LogP contribution in [0.1, 0.15) is 34.1 Å². The Morgan fingerprint density at radius 1 is 1.50 bits per heavy atom. The van der Waals surface area contributed by atoms with E-state index in [1.807, 2.05) is 33.8 Å². The molecule has 1 aliphatic heterocycles. The van der Waals surface area contributed by atoms with E-state index in [-0.39, 0.29) is 35.3 Å². The molecule has 1 saturated carbocycles. The first-order chi connectivity index (χ1) is 8.34. The van der Waals surface area contributed by atoms with Gasteiger partial charge in [0.05, 0.1) is 18.6 Å². The van der Waals surface area contributed by atoms with Gasteiger partial charge in [0, 0.05) is 12.0 Å². The van der Waals surface area contributed by atoms with Gasteiger partial charge in [-0.05, 0) is 25.2 Å². The molecule has 1 aliphatic carbocycles. The van der Waals surface area contributed by atoms with Crippen molar-refractivity contribution in [2.45, 2.75) is 40.2 Å². The van der Waals surface area contributed by atoms with Crippen LogP contribution in [0.4, 0.5) is 0 Å². The van der Waals surface area contributed by atoms with Gasteiger partial charge in [-0.3, -0.25) is 4.79 Å². The highest BCUT2D eigenvalue weighted by Crippen LogP contribution is 2.60. The molecule has 0 radical (unpaired) electrons. The number of ether oxygens (including phenoxy) is 2. The second-order valence-corrected chi connectivity index (χ2v) is 5.89. The summed E-state index contributed by atoms with van der Waals surface area (Å²) in [6.45, 7) is 8.20. The number of esters is 2. The van der Waals surface area contributed by atoms with Crippen LogP contribution in [0.15, 0.2) is 11.6 Å². The quantitative estimate of drug-likeness (QED) is 0.570. The number of allylic oxidation sites excluding steroid dienone is 1. The van der Waals surface area contributed by atoms with E-state index in [1.54, 1.807) is 0 Å². The molecule has 0 aromatic heterocycles. The lowest BCUT2D eigenvalue weighted by molar-refractivity contribution is -0.150. The van der Waals surface area contributed by atoms with Crippen LogP contribution < -0.4 is 0 Å². The number of rotatable bonds is 3. The summed E-state index contributed by atoms with van der Waals surface area (Å²) in [4.78, 5) is 23.3. The smallest absolute Gasteiger partial charge is 0.333 e. The second-order valence-electron chi connectivity index (χ2n) is 5.89. The summed E-state index contributed by atoms with van der Waals surface area (Å²) in [6.07, 6.45) is 2.46. The van der Waals surface area contributed by atoms with Gasteiger partial charge in [-0.15, -0.1) is 0 Å². The lowest BCUT2D eigenvalue weighted by Crippen LogP contribution is -2.15. The van der Waals surface area contributed by atoms with Crippen molar-refractivity contribution in [3.05, 3.63) is 11.6 Å². The van der Waals surface area contributed by atoms with E-state index >= 15 is 0 Å². The lowest BCUT2D eigenvalue weighted by atomic mass is 10.1. The fourth-order valence-corrected chi connectivity index (χ4v) is 2.56. The van der Waals surface area contributed by atoms with Gasteiger partial charge in [0.15, 0.2) is 0 Å². The summed E-state index contributed by atoms with van der Waals surface area (Å²) < 4.78 is 10.1. The van der Waals surface area contributed by atoms with Gasteiger partial charge >= 0.3 is 11.9 Å². The third-order valence-corrected chi connectivity index (χ3v) is 3.76. The summed E-state index contributed by atoms with van der Waals surface area (Å²) in [6, 6.07) is 0. The van der Waals surface area contributed by atoms with Crippen molar-refractivity contribution in [3.8, 4) is 0 Å². The summed E-state index contributed by atoms with van der Waals surface area (Å²) in [5, 5.41) is 0. The monoisotopic (exact) mass is 252 g/mol. The van der Waals surface area contributed by atoms with E-state index in [2.05, 4.69) is 0 Å². The Bertz CT molecular complexity index is 406. The molecule has 0 spiro atoms. The normalized spacial score (nSPS) is 31.6. The molecular weight excluding hydrogens is 232 g/mol. The topological polar surface area (TPSA) is 52.6 Å². The predicted molar refractivity (Wildman–Crippen MR) is 65.6 cm³/mol. The zero-order valence-corrected chi connectivity index (χ0v) is 11.4. The standard InChI is InChI=1S/C14H20O4/c1-8(2)18-13(16)11-10(14(11,3)4)7-9-5-6-17-12(9)15/h7-8,10-11H,5-6H2,1-4H3/b9-7-. The molecule has 0 bridgehead atoms. The van der Waals surface area contributed by atoms with Crippen LogP contribution in [0.3, 0.4) is 0 Å². The van der Waals surface area contributed by atoms with Crippen molar-refractivity contribution in [2.24, 2.45) is 17.3 Å². The second kappa shape index (κ2) is 4.41. The molecule has 2 rings (SSSR count). The van der Waals surface area contributed by atoms with Crippen molar-refractivity contribution < 1.29 is 19.1 Å².